The number of ether oxygens (including phenoxy) is 2. The molecule has 1 aliphatic carbocycles. The van der Waals surface area contributed by atoms with E-state index in [4.69, 9.17) is 14.0 Å². The largest absolute Gasteiger partial charge is 0.493 e. The van der Waals surface area contributed by atoms with E-state index < -0.39 is 0 Å². The number of benzene rings is 1. The van der Waals surface area contributed by atoms with Crippen molar-refractivity contribution in [2.75, 3.05) is 14.2 Å². The van der Waals surface area contributed by atoms with Crippen molar-refractivity contribution in [3.05, 3.63) is 66.1 Å². The van der Waals surface area contributed by atoms with Gasteiger partial charge in [-0.1, -0.05) is 11.2 Å². The Balaban J connectivity index is 1.26. The van der Waals surface area contributed by atoms with Gasteiger partial charge in [0.15, 0.2) is 17.3 Å². The summed E-state index contributed by atoms with van der Waals surface area (Å²) in [5, 5.41) is 6.99. The maximum Gasteiger partial charge on any atom is 0.271 e. The number of hydrogen-bond acceptors (Lipinski definition) is 8. The first-order chi connectivity index (χ1) is 16.6. The second kappa shape index (κ2) is 8.97. The van der Waals surface area contributed by atoms with Gasteiger partial charge in [0.2, 0.25) is 0 Å². The topological polar surface area (TPSA) is 117 Å². The maximum atomic E-state index is 12.8. The summed E-state index contributed by atoms with van der Waals surface area (Å²) in [7, 11) is 3.16. The lowest BCUT2D eigenvalue weighted by Gasteiger charge is -2.16. The quantitative estimate of drug-likeness (QED) is 0.423. The van der Waals surface area contributed by atoms with Crippen molar-refractivity contribution in [3.8, 4) is 28.8 Å². The van der Waals surface area contributed by atoms with Crippen LogP contribution in [0.15, 0.2) is 53.6 Å². The van der Waals surface area contributed by atoms with Gasteiger partial charge in [-0.3, -0.25) is 9.36 Å². The molecule has 0 aliphatic heterocycles. The molecular weight excluding hydrogens is 436 g/mol. The number of rotatable bonds is 8. The van der Waals surface area contributed by atoms with Crippen LogP contribution >= 0.6 is 0 Å². The molecule has 3 heterocycles. The molecular formula is C24H24N6O4. The number of imidazole rings is 1. The van der Waals surface area contributed by atoms with E-state index in [1.807, 2.05) is 37.3 Å². The summed E-state index contributed by atoms with van der Waals surface area (Å²) < 4.78 is 17.6. The molecule has 5 rings (SSSR count). The monoisotopic (exact) mass is 460 g/mol. The number of aromatic nitrogens is 5. The highest BCUT2D eigenvalue weighted by atomic mass is 16.5. The van der Waals surface area contributed by atoms with E-state index in [-0.39, 0.29) is 17.6 Å². The summed E-state index contributed by atoms with van der Waals surface area (Å²) in [4.78, 5) is 25.9. The van der Waals surface area contributed by atoms with Gasteiger partial charge in [-0.15, -0.1) is 0 Å². The predicted octanol–water partition coefficient (Wildman–Crippen LogP) is 3.70. The number of carbonyl (C=O) groups is 1. The molecule has 4 aromatic rings. The van der Waals surface area contributed by atoms with Crippen molar-refractivity contribution >= 4 is 5.91 Å². The Labute approximate surface area is 195 Å². The van der Waals surface area contributed by atoms with Gasteiger partial charge in [0.05, 0.1) is 25.8 Å². The Hall–Kier alpha value is -4.21. The van der Waals surface area contributed by atoms with Crippen molar-refractivity contribution in [1.29, 1.82) is 0 Å². The Morgan fingerprint density at radius 2 is 1.97 bits per heavy atom. The molecule has 0 radical (unpaired) electrons. The molecule has 0 spiro atoms. The predicted molar refractivity (Wildman–Crippen MR) is 122 cm³/mol. The normalized spacial score (nSPS) is 14.0. The minimum Gasteiger partial charge on any atom is -0.493 e. The summed E-state index contributed by atoms with van der Waals surface area (Å²) >= 11 is 0. The van der Waals surface area contributed by atoms with Crippen molar-refractivity contribution in [3.63, 3.8) is 0 Å². The Bertz CT molecular complexity index is 1310. The van der Waals surface area contributed by atoms with Crippen LogP contribution in [0.3, 0.4) is 0 Å². The third-order valence-electron chi connectivity index (χ3n) is 5.71. The Morgan fingerprint density at radius 1 is 1.15 bits per heavy atom. The molecule has 0 bridgehead atoms. The molecule has 0 saturated heterocycles. The number of amides is 1. The Kier molecular flexibility index (Phi) is 5.70. The van der Waals surface area contributed by atoms with Gasteiger partial charge < -0.3 is 19.3 Å². The molecule has 3 aromatic heterocycles. The molecule has 0 unspecified atom stereocenters. The molecule has 34 heavy (non-hydrogen) atoms. The van der Waals surface area contributed by atoms with Gasteiger partial charge in [-0.05, 0) is 49.6 Å². The highest BCUT2D eigenvalue weighted by Gasteiger charge is 2.29. The first-order valence-electron chi connectivity index (χ1n) is 10.9. The average molecular weight is 460 g/mol. The van der Waals surface area contributed by atoms with E-state index in [0.29, 0.717) is 29.1 Å². The van der Waals surface area contributed by atoms with Gasteiger partial charge in [0, 0.05) is 18.3 Å². The fraction of sp³-hybridized carbons (Fsp3) is 0.292. The zero-order valence-corrected chi connectivity index (χ0v) is 19.1. The third-order valence-corrected chi connectivity index (χ3v) is 5.71. The van der Waals surface area contributed by atoms with E-state index in [0.717, 1.165) is 29.8 Å². The molecule has 1 saturated carbocycles. The first kappa shape index (κ1) is 21.6. The van der Waals surface area contributed by atoms with E-state index in [1.165, 1.54) is 0 Å². The molecule has 1 aliphatic rings. The number of pyridine rings is 1. The number of nitrogens with one attached hydrogen (secondary N) is 1. The third kappa shape index (κ3) is 4.34. The van der Waals surface area contributed by atoms with E-state index in [2.05, 4.69) is 25.4 Å². The van der Waals surface area contributed by atoms with Gasteiger partial charge in [-0.2, -0.15) is 4.98 Å². The van der Waals surface area contributed by atoms with Crippen LogP contribution < -0.4 is 14.8 Å². The average Bonchev–Trinajstić information content (AvgIpc) is 3.39. The molecule has 10 nitrogen and oxygen atoms in total. The van der Waals surface area contributed by atoms with Crippen LogP contribution in [0.25, 0.3) is 17.3 Å². The summed E-state index contributed by atoms with van der Waals surface area (Å²) in [6.07, 6.45) is 7.07. The van der Waals surface area contributed by atoms with Crippen LogP contribution in [0.4, 0.5) is 0 Å². The zero-order valence-electron chi connectivity index (χ0n) is 19.1. The van der Waals surface area contributed by atoms with Gasteiger partial charge in [0.25, 0.3) is 11.8 Å². The zero-order chi connectivity index (χ0) is 23.7. The lowest BCUT2D eigenvalue weighted by Crippen LogP contribution is -2.27. The fourth-order valence-electron chi connectivity index (χ4n) is 3.57. The fourth-order valence-corrected chi connectivity index (χ4v) is 3.57. The van der Waals surface area contributed by atoms with E-state index >= 15 is 0 Å². The molecule has 10 heteroatoms. The minimum atomic E-state index is -0.295. The number of carbonyl (C=O) groups excluding carboxylic acids is 1. The lowest BCUT2D eigenvalue weighted by molar-refractivity contribution is 0.0935. The molecule has 1 fully saturated rings. The van der Waals surface area contributed by atoms with Gasteiger partial charge in [-0.25, -0.2) is 9.97 Å². The van der Waals surface area contributed by atoms with Crippen molar-refractivity contribution < 1.29 is 18.8 Å². The van der Waals surface area contributed by atoms with Crippen LogP contribution in [-0.2, 0) is 0 Å². The Morgan fingerprint density at radius 3 is 2.68 bits per heavy atom. The van der Waals surface area contributed by atoms with Crippen LogP contribution in [0.1, 0.15) is 53.6 Å². The molecule has 1 aromatic carbocycles. The minimum absolute atomic E-state index is 0.259. The molecule has 1 N–H and O–H groups in total. The van der Waals surface area contributed by atoms with E-state index in [1.54, 1.807) is 37.5 Å². The standard InChI is InChI=1S/C24H24N6O4/c1-14(16-6-8-19(32-2)20(10-16)33-3)27-23(31)18-12-30(13-26-18)21-9-7-17(11-25-21)24-28-22(29-34-24)15-4-5-15/h6-15H,4-5H2,1-3H3,(H,27,31)/t14-/m0/s1. The summed E-state index contributed by atoms with van der Waals surface area (Å²) in [6.45, 7) is 1.89. The number of methoxy groups -OCH3 is 2. The first-order valence-corrected chi connectivity index (χ1v) is 10.9. The SMILES string of the molecule is COc1ccc([C@H](C)NC(=O)c2cn(-c3ccc(-c4nc(C5CC5)no4)cn3)cn2)cc1OC. The highest BCUT2D eigenvalue weighted by Crippen LogP contribution is 2.38. The van der Waals surface area contributed by atoms with Crippen LogP contribution in [0, 0.1) is 0 Å². The molecule has 1 atom stereocenters. The number of hydrogen-bond donors (Lipinski definition) is 1. The van der Waals surface area contributed by atoms with Crippen molar-refractivity contribution in [1.82, 2.24) is 30.0 Å². The van der Waals surface area contributed by atoms with Crippen LogP contribution in [-0.4, -0.2) is 44.8 Å². The van der Waals surface area contributed by atoms with Crippen molar-refractivity contribution in [2.45, 2.75) is 31.7 Å². The second-order valence-corrected chi connectivity index (χ2v) is 8.11. The second-order valence-electron chi connectivity index (χ2n) is 8.11. The summed E-state index contributed by atoms with van der Waals surface area (Å²) in [6, 6.07) is 8.93. The smallest absolute Gasteiger partial charge is 0.271 e. The molecule has 1 amide bonds. The van der Waals surface area contributed by atoms with Gasteiger partial charge >= 0.3 is 0 Å². The van der Waals surface area contributed by atoms with Gasteiger partial charge in [0.1, 0.15) is 17.8 Å². The van der Waals surface area contributed by atoms with Crippen molar-refractivity contribution in [2.24, 2.45) is 0 Å². The maximum absolute atomic E-state index is 12.8. The highest BCUT2D eigenvalue weighted by molar-refractivity contribution is 5.92. The van der Waals surface area contributed by atoms with E-state index in [9.17, 15) is 4.79 Å². The summed E-state index contributed by atoms with van der Waals surface area (Å²) in [5.74, 6) is 3.19. The summed E-state index contributed by atoms with van der Waals surface area (Å²) in [5.41, 5.74) is 1.91. The molecule has 174 valence electrons. The number of nitrogens with zero attached hydrogens (tertiary/aromatic N) is 5. The van der Waals surface area contributed by atoms with Crippen LogP contribution in [0.5, 0.6) is 11.5 Å². The lowest BCUT2D eigenvalue weighted by atomic mass is 10.1. The van der Waals surface area contributed by atoms with Crippen LogP contribution in [0.2, 0.25) is 0 Å².